The standard InChI is InChI=1S/C7H10N2O4/c1-2-13-6(12)7(8)3-4(10)9-5(7)11/h2-3,8H2,1H3,(H,9,10,11)/t7-/m0/s1. The molecule has 6 nitrogen and oxygen atoms in total. The molecule has 6 heteroatoms. The number of ether oxygens (including phenoxy) is 1. The molecule has 0 aromatic rings. The molecular formula is C7H10N2O4. The van der Waals surface area contributed by atoms with Gasteiger partial charge < -0.3 is 10.5 Å². The lowest BCUT2D eigenvalue weighted by atomic mass is 10.00. The number of nitrogens with one attached hydrogen (secondary N) is 1. The molecule has 1 rings (SSSR count). The summed E-state index contributed by atoms with van der Waals surface area (Å²) in [4.78, 5) is 33.0. The average Bonchev–Trinajstić information content (AvgIpc) is 2.28. The van der Waals surface area contributed by atoms with E-state index in [-0.39, 0.29) is 13.0 Å². The molecule has 0 aliphatic carbocycles. The Morgan fingerprint density at radius 1 is 1.69 bits per heavy atom. The Morgan fingerprint density at radius 2 is 2.31 bits per heavy atom. The van der Waals surface area contributed by atoms with E-state index in [0.717, 1.165) is 0 Å². The van der Waals surface area contributed by atoms with Gasteiger partial charge in [-0.1, -0.05) is 0 Å². The third-order valence-electron chi connectivity index (χ3n) is 1.74. The Kier molecular flexibility index (Phi) is 2.33. The number of carbonyl (C=O) groups is 3. The van der Waals surface area contributed by atoms with E-state index >= 15 is 0 Å². The molecule has 0 unspecified atom stereocenters. The van der Waals surface area contributed by atoms with Gasteiger partial charge in [-0.2, -0.15) is 0 Å². The Hall–Kier alpha value is -1.43. The number of carbonyl (C=O) groups excluding carboxylic acids is 3. The van der Waals surface area contributed by atoms with Crippen LogP contribution in [0.15, 0.2) is 0 Å². The number of amides is 2. The van der Waals surface area contributed by atoms with Gasteiger partial charge in [0.2, 0.25) is 11.4 Å². The highest BCUT2D eigenvalue weighted by atomic mass is 16.5. The van der Waals surface area contributed by atoms with E-state index in [1.165, 1.54) is 0 Å². The van der Waals surface area contributed by atoms with Crippen LogP contribution in [0.25, 0.3) is 0 Å². The smallest absolute Gasteiger partial charge is 0.336 e. The lowest BCUT2D eigenvalue weighted by Gasteiger charge is -2.16. The molecule has 0 spiro atoms. The first-order valence-electron chi connectivity index (χ1n) is 3.81. The maximum Gasteiger partial charge on any atom is 0.336 e. The zero-order valence-corrected chi connectivity index (χ0v) is 7.12. The van der Waals surface area contributed by atoms with Crippen molar-refractivity contribution in [2.24, 2.45) is 5.73 Å². The number of esters is 1. The van der Waals surface area contributed by atoms with Crippen molar-refractivity contribution in [2.45, 2.75) is 18.9 Å². The fraction of sp³-hybridized carbons (Fsp3) is 0.571. The minimum absolute atomic E-state index is 0.124. The third kappa shape index (κ3) is 1.52. The van der Waals surface area contributed by atoms with Crippen LogP contribution >= 0.6 is 0 Å². The van der Waals surface area contributed by atoms with Crippen LogP contribution in [0.5, 0.6) is 0 Å². The summed E-state index contributed by atoms with van der Waals surface area (Å²) in [6.07, 6.45) is -0.343. The molecule has 1 heterocycles. The van der Waals surface area contributed by atoms with E-state index in [2.05, 4.69) is 4.74 Å². The van der Waals surface area contributed by atoms with Crippen LogP contribution in [0.1, 0.15) is 13.3 Å². The molecule has 0 bridgehead atoms. The second-order valence-corrected chi connectivity index (χ2v) is 2.75. The summed E-state index contributed by atoms with van der Waals surface area (Å²) in [5.74, 6) is -2.21. The number of rotatable bonds is 2. The zero-order valence-electron chi connectivity index (χ0n) is 7.12. The molecule has 0 saturated carbocycles. The topological polar surface area (TPSA) is 98.5 Å². The minimum Gasteiger partial charge on any atom is -0.464 e. The van der Waals surface area contributed by atoms with Crippen LogP contribution in [0.3, 0.4) is 0 Å². The molecule has 1 fully saturated rings. The molecule has 2 amide bonds. The highest BCUT2D eigenvalue weighted by molar-refractivity contribution is 6.19. The van der Waals surface area contributed by atoms with Gasteiger partial charge in [0.25, 0.3) is 5.91 Å². The molecule has 3 N–H and O–H groups in total. The zero-order chi connectivity index (χ0) is 10.1. The van der Waals surface area contributed by atoms with Crippen molar-refractivity contribution in [3.63, 3.8) is 0 Å². The largest absolute Gasteiger partial charge is 0.464 e. The molecule has 13 heavy (non-hydrogen) atoms. The van der Waals surface area contributed by atoms with Crippen molar-refractivity contribution in [1.82, 2.24) is 5.32 Å². The van der Waals surface area contributed by atoms with Gasteiger partial charge in [-0.25, -0.2) is 4.79 Å². The van der Waals surface area contributed by atoms with Crippen LogP contribution in [0, 0.1) is 0 Å². The van der Waals surface area contributed by atoms with E-state index in [1.54, 1.807) is 6.92 Å². The summed E-state index contributed by atoms with van der Waals surface area (Å²) in [6, 6.07) is 0. The monoisotopic (exact) mass is 186 g/mol. The van der Waals surface area contributed by atoms with Gasteiger partial charge in [0.1, 0.15) is 0 Å². The van der Waals surface area contributed by atoms with Gasteiger partial charge in [0.05, 0.1) is 13.0 Å². The molecule has 1 aliphatic rings. The molecule has 0 aromatic carbocycles. The second-order valence-electron chi connectivity index (χ2n) is 2.75. The molecule has 1 atom stereocenters. The highest BCUT2D eigenvalue weighted by Crippen LogP contribution is 2.15. The predicted octanol–water partition coefficient (Wildman–Crippen LogP) is -1.71. The molecular weight excluding hydrogens is 176 g/mol. The normalized spacial score (nSPS) is 27.2. The molecule has 1 saturated heterocycles. The van der Waals surface area contributed by atoms with Crippen molar-refractivity contribution in [3.8, 4) is 0 Å². The van der Waals surface area contributed by atoms with Gasteiger partial charge in [0, 0.05) is 0 Å². The van der Waals surface area contributed by atoms with E-state index in [1.807, 2.05) is 5.32 Å². The summed E-state index contributed by atoms with van der Waals surface area (Å²) < 4.78 is 4.57. The Balaban J connectivity index is 2.81. The quantitative estimate of drug-likeness (QED) is 0.304. The second kappa shape index (κ2) is 3.14. The van der Waals surface area contributed by atoms with Crippen LogP contribution in [0.2, 0.25) is 0 Å². The van der Waals surface area contributed by atoms with Gasteiger partial charge in [-0.3, -0.25) is 14.9 Å². The van der Waals surface area contributed by atoms with Crippen molar-refractivity contribution < 1.29 is 19.1 Å². The Morgan fingerprint density at radius 3 is 2.69 bits per heavy atom. The number of imide groups is 1. The highest BCUT2D eigenvalue weighted by Gasteiger charge is 2.51. The number of nitrogens with two attached hydrogens (primary N) is 1. The average molecular weight is 186 g/mol. The van der Waals surface area contributed by atoms with Gasteiger partial charge >= 0.3 is 5.97 Å². The maximum atomic E-state index is 11.2. The molecule has 0 aromatic heterocycles. The minimum atomic E-state index is -1.83. The van der Waals surface area contributed by atoms with E-state index < -0.39 is 23.3 Å². The lowest BCUT2D eigenvalue weighted by molar-refractivity contribution is -0.152. The van der Waals surface area contributed by atoms with Gasteiger partial charge in [-0.05, 0) is 6.92 Å². The first-order valence-corrected chi connectivity index (χ1v) is 3.81. The van der Waals surface area contributed by atoms with Crippen LogP contribution < -0.4 is 11.1 Å². The van der Waals surface area contributed by atoms with Crippen molar-refractivity contribution in [2.75, 3.05) is 6.61 Å². The Labute approximate surface area is 74.4 Å². The lowest BCUT2D eigenvalue weighted by Crippen LogP contribution is -2.54. The summed E-state index contributed by atoms with van der Waals surface area (Å²) in [5.41, 5.74) is 3.59. The van der Waals surface area contributed by atoms with Crippen molar-refractivity contribution in [1.29, 1.82) is 0 Å². The van der Waals surface area contributed by atoms with E-state index in [9.17, 15) is 14.4 Å². The first-order chi connectivity index (χ1) is 6.00. The van der Waals surface area contributed by atoms with E-state index in [4.69, 9.17) is 5.73 Å². The molecule has 1 aliphatic heterocycles. The van der Waals surface area contributed by atoms with Crippen molar-refractivity contribution in [3.05, 3.63) is 0 Å². The summed E-state index contributed by atoms with van der Waals surface area (Å²) in [7, 11) is 0. The van der Waals surface area contributed by atoms with Crippen LogP contribution in [0.4, 0.5) is 0 Å². The van der Waals surface area contributed by atoms with E-state index in [0.29, 0.717) is 0 Å². The fourth-order valence-electron chi connectivity index (χ4n) is 1.04. The summed E-state index contributed by atoms with van der Waals surface area (Å²) in [6.45, 7) is 1.72. The first kappa shape index (κ1) is 9.66. The summed E-state index contributed by atoms with van der Waals surface area (Å²) >= 11 is 0. The fourth-order valence-corrected chi connectivity index (χ4v) is 1.04. The van der Waals surface area contributed by atoms with Crippen LogP contribution in [-0.4, -0.2) is 29.9 Å². The van der Waals surface area contributed by atoms with Gasteiger partial charge in [-0.15, -0.1) is 0 Å². The van der Waals surface area contributed by atoms with Gasteiger partial charge in [0.15, 0.2) is 0 Å². The molecule has 72 valence electrons. The third-order valence-corrected chi connectivity index (χ3v) is 1.74. The Bertz CT molecular complexity index is 276. The number of hydrogen-bond donors (Lipinski definition) is 2. The summed E-state index contributed by atoms with van der Waals surface area (Å²) in [5, 5.41) is 1.94. The predicted molar refractivity (Wildman–Crippen MR) is 41.3 cm³/mol. The maximum absolute atomic E-state index is 11.2. The molecule has 0 radical (unpaired) electrons. The van der Waals surface area contributed by atoms with Crippen LogP contribution in [-0.2, 0) is 19.1 Å². The van der Waals surface area contributed by atoms with Crippen molar-refractivity contribution >= 4 is 17.8 Å². The number of hydrogen-bond acceptors (Lipinski definition) is 5. The SMILES string of the molecule is CCOC(=O)[C@]1(N)CC(=O)NC1=O.